The third-order valence-corrected chi connectivity index (χ3v) is 3.21. The van der Waals surface area contributed by atoms with E-state index in [0.717, 1.165) is 18.7 Å². The van der Waals surface area contributed by atoms with Gasteiger partial charge in [-0.05, 0) is 32.5 Å². The van der Waals surface area contributed by atoms with Gasteiger partial charge in [0.25, 0.3) is 0 Å². The van der Waals surface area contributed by atoms with Crippen molar-refractivity contribution >= 4 is 5.69 Å². The highest BCUT2D eigenvalue weighted by Crippen LogP contribution is 2.24. The molecule has 0 aliphatic carbocycles. The number of ether oxygens (including phenoxy) is 1. The van der Waals surface area contributed by atoms with Gasteiger partial charge in [0.2, 0.25) is 5.88 Å². The third-order valence-electron chi connectivity index (χ3n) is 3.21. The second-order valence-electron chi connectivity index (χ2n) is 4.43. The molecule has 0 spiro atoms. The fourth-order valence-electron chi connectivity index (χ4n) is 2.18. The van der Waals surface area contributed by atoms with Crippen LogP contribution in [0.25, 0.3) is 0 Å². The van der Waals surface area contributed by atoms with E-state index in [2.05, 4.69) is 29.2 Å². The Balaban J connectivity index is 2.04. The van der Waals surface area contributed by atoms with E-state index in [1.54, 1.807) is 13.3 Å². The first-order valence-electron chi connectivity index (χ1n) is 5.66. The monoisotopic (exact) mass is 221 g/mol. The second kappa shape index (κ2) is 4.70. The highest BCUT2D eigenvalue weighted by Gasteiger charge is 2.26. The molecule has 0 aromatic carbocycles. The van der Waals surface area contributed by atoms with Crippen LogP contribution in [0.15, 0.2) is 18.3 Å². The fraction of sp³-hybridized carbons (Fsp3) is 0.583. The number of methoxy groups -OCH3 is 1. The number of likely N-dealkylation sites (tertiary alicyclic amines) is 1. The first-order valence-corrected chi connectivity index (χ1v) is 5.66. The molecule has 1 N–H and O–H groups in total. The Hall–Kier alpha value is -1.29. The molecule has 4 heteroatoms. The van der Waals surface area contributed by atoms with Gasteiger partial charge in [0.15, 0.2) is 0 Å². The molecule has 4 nitrogen and oxygen atoms in total. The summed E-state index contributed by atoms with van der Waals surface area (Å²) >= 11 is 0. The number of hydrogen-bond donors (Lipinski definition) is 1. The topological polar surface area (TPSA) is 37.4 Å². The van der Waals surface area contributed by atoms with E-state index in [0.29, 0.717) is 18.0 Å². The van der Waals surface area contributed by atoms with Crippen molar-refractivity contribution in [3.05, 3.63) is 18.3 Å². The van der Waals surface area contributed by atoms with Crippen LogP contribution in [0.5, 0.6) is 5.88 Å². The summed E-state index contributed by atoms with van der Waals surface area (Å²) in [6.07, 6.45) is 2.90. The van der Waals surface area contributed by atoms with E-state index >= 15 is 0 Å². The summed E-state index contributed by atoms with van der Waals surface area (Å²) in [6.45, 7) is 3.32. The molecule has 2 unspecified atom stereocenters. The van der Waals surface area contributed by atoms with Crippen LogP contribution >= 0.6 is 0 Å². The molecule has 2 rings (SSSR count). The van der Waals surface area contributed by atoms with Gasteiger partial charge in [-0.15, -0.1) is 0 Å². The lowest BCUT2D eigenvalue weighted by atomic mass is 10.2. The van der Waals surface area contributed by atoms with Crippen molar-refractivity contribution in [3.8, 4) is 5.88 Å². The number of rotatable bonds is 3. The average molecular weight is 221 g/mol. The summed E-state index contributed by atoms with van der Waals surface area (Å²) in [6, 6.07) is 5.06. The van der Waals surface area contributed by atoms with E-state index in [1.807, 2.05) is 12.1 Å². The Bertz CT molecular complexity index is 346. The molecule has 16 heavy (non-hydrogen) atoms. The summed E-state index contributed by atoms with van der Waals surface area (Å²) in [4.78, 5) is 6.54. The predicted octanol–water partition coefficient (Wildman–Crippen LogP) is 1.59. The van der Waals surface area contributed by atoms with Crippen molar-refractivity contribution in [1.29, 1.82) is 0 Å². The molecule has 1 aromatic rings. The van der Waals surface area contributed by atoms with Gasteiger partial charge in [0, 0.05) is 24.8 Å². The first-order chi connectivity index (χ1) is 7.70. The molecular formula is C12H19N3O. The number of anilines is 1. The molecule has 0 saturated carbocycles. The zero-order valence-electron chi connectivity index (χ0n) is 10.1. The Morgan fingerprint density at radius 3 is 3.00 bits per heavy atom. The summed E-state index contributed by atoms with van der Waals surface area (Å²) in [7, 11) is 3.81. The normalized spacial score (nSPS) is 25.7. The molecule has 1 fully saturated rings. The van der Waals surface area contributed by atoms with Gasteiger partial charge in [0.05, 0.1) is 12.8 Å². The number of nitrogens with zero attached hydrogens (tertiary/aromatic N) is 2. The molecule has 2 heterocycles. The fourth-order valence-corrected chi connectivity index (χ4v) is 2.18. The van der Waals surface area contributed by atoms with Crippen molar-refractivity contribution < 1.29 is 4.74 Å². The maximum Gasteiger partial charge on any atom is 0.237 e. The summed E-state index contributed by atoms with van der Waals surface area (Å²) in [5, 5.41) is 3.49. The van der Waals surface area contributed by atoms with Crippen LogP contribution in [0.3, 0.4) is 0 Å². The number of nitrogens with one attached hydrogen (secondary N) is 1. The quantitative estimate of drug-likeness (QED) is 0.841. The van der Waals surface area contributed by atoms with E-state index in [-0.39, 0.29) is 0 Å². The maximum atomic E-state index is 5.22. The van der Waals surface area contributed by atoms with Crippen LogP contribution in [0, 0.1) is 0 Å². The van der Waals surface area contributed by atoms with Crippen molar-refractivity contribution in [2.45, 2.75) is 25.4 Å². The Morgan fingerprint density at radius 1 is 1.56 bits per heavy atom. The average Bonchev–Trinajstić information content (AvgIpc) is 2.59. The minimum absolute atomic E-state index is 0.484. The molecule has 0 amide bonds. The Morgan fingerprint density at radius 2 is 2.38 bits per heavy atom. The lowest BCUT2D eigenvalue weighted by molar-refractivity contribution is 0.330. The van der Waals surface area contributed by atoms with Crippen LogP contribution in [0.2, 0.25) is 0 Å². The van der Waals surface area contributed by atoms with Crippen molar-refractivity contribution in [1.82, 2.24) is 9.88 Å². The SMILES string of the molecule is COc1ncccc1NC1CC(C)N(C)C1. The van der Waals surface area contributed by atoms with Crippen molar-refractivity contribution in [2.24, 2.45) is 0 Å². The van der Waals surface area contributed by atoms with Crippen LogP contribution in [0.4, 0.5) is 5.69 Å². The number of hydrogen-bond acceptors (Lipinski definition) is 4. The molecular weight excluding hydrogens is 202 g/mol. The molecule has 1 aromatic heterocycles. The Kier molecular flexibility index (Phi) is 3.29. The summed E-state index contributed by atoms with van der Waals surface area (Å²) in [5.41, 5.74) is 0.984. The molecule has 1 saturated heterocycles. The maximum absolute atomic E-state index is 5.22. The van der Waals surface area contributed by atoms with Crippen LogP contribution in [0.1, 0.15) is 13.3 Å². The third kappa shape index (κ3) is 2.27. The smallest absolute Gasteiger partial charge is 0.237 e. The van der Waals surface area contributed by atoms with Crippen molar-refractivity contribution in [3.63, 3.8) is 0 Å². The largest absolute Gasteiger partial charge is 0.480 e. The zero-order chi connectivity index (χ0) is 11.5. The molecule has 0 bridgehead atoms. The van der Waals surface area contributed by atoms with Crippen molar-refractivity contribution in [2.75, 3.05) is 26.0 Å². The molecule has 88 valence electrons. The number of pyridine rings is 1. The lowest BCUT2D eigenvalue weighted by Crippen LogP contribution is -2.25. The Labute approximate surface area is 96.6 Å². The van der Waals surface area contributed by atoms with Gasteiger partial charge < -0.3 is 15.0 Å². The highest BCUT2D eigenvalue weighted by molar-refractivity contribution is 5.52. The van der Waals surface area contributed by atoms with Gasteiger partial charge in [-0.2, -0.15) is 0 Å². The zero-order valence-corrected chi connectivity index (χ0v) is 10.1. The summed E-state index contributed by atoms with van der Waals surface area (Å²) in [5.74, 6) is 0.671. The minimum atomic E-state index is 0.484. The molecule has 2 atom stereocenters. The lowest BCUT2D eigenvalue weighted by Gasteiger charge is -2.15. The standard InChI is InChI=1S/C12H19N3O/c1-9-7-10(8-15(9)2)14-11-5-4-6-13-12(11)16-3/h4-6,9-10,14H,7-8H2,1-3H3. The van der Waals surface area contributed by atoms with Crippen LogP contribution in [-0.2, 0) is 0 Å². The number of likely N-dealkylation sites (N-methyl/N-ethyl adjacent to an activating group) is 1. The molecule has 0 radical (unpaired) electrons. The van der Waals surface area contributed by atoms with Gasteiger partial charge in [-0.3, -0.25) is 0 Å². The van der Waals surface area contributed by atoms with Crippen LogP contribution in [-0.4, -0.2) is 42.7 Å². The van der Waals surface area contributed by atoms with Gasteiger partial charge >= 0.3 is 0 Å². The highest BCUT2D eigenvalue weighted by atomic mass is 16.5. The van der Waals surface area contributed by atoms with Gasteiger partial charge in [-0.25, -0.2) is 4.98 Å². The predicted molar refractivity (Wildman–Crippen MR) is 64.9 cm³/mol. The minimum Gasteiger partial charge on any atom is -0.480 e. The van der Waals surface area contributed by atoms with E-state index in [9.17, 15) is 0 Å². The first kappa shape index (κ1) is 11.2. The van der Waals surface area contributed by atoms with E-state index < -0.39 is 0 Å². The molecule has 1 aliphatic heterocycles. The summed E-state index contributed by atoms with van der Waals surface area (Å²) < 4.78 is 5.22. The number of aromatic nitrogens is 1. The van der Waals surface area contributed by atoms with Gasteiger partial charge in [0.1, 0.15) is 0 Å². The molecule has 1 aliphatic rings. The second-order valence-corrected chi connectivity index (χ2v) is 4.43. The van der Waals surface area contributed by atoms with Gasteiger partial charge in [-0.1, -0.05) is 0 Å². The van der Waals surface area contributed by atoms with Crippen LogP contribution < -0.4 is 10.1 Å². The van der Waals surface area contributed by atoms with E-state index in [4.69, 9.17) is 4.74 Å². The van der Waals surface area contributed by atoms with E-state index in [1.165, 1.54) is 0 Å².